The minimum absolute atomic E-state index is 0.315. The maximum Gasteiger partial charge on any atom is 0.333 e. The lowest BCUT2D eigenvalue weighted by Crippen LogP contribution is -2.43. The maximum atomic E-state index is 11.2. The quantitative estimate of drug-likeness (QED) is 0.527. The summed E-state index contributed by atoms with van der Waals surface area (Å²) < 4.78 is 0.990. The second-order valence-electron chi connectivity index (χ2n) is 3.54. The Morgan fingerprint density at radius 1 is 0.938 bits per heavy atom. The zero-order chi connectivity index (χ0) is 12.0. The molecule has 0 aromatic carbocycles. The maximum absolute atomic E-state index is 11.2. The summed E-state index contributed by atoms with van der Waals surface area (Å²) in [5.74, 6) is 0. The van der Waals surface area contributed by atoms with Crippen molar-refractivity contribution in [3.8, 4) is 0 Å². The smallest absolute Gasteiger partial charge is 0.330 e. The standard InChI is InChI=1S/C9H16N4O3/c10-5-3-1-2-4-6-13-8(15)11-7(14)12-9(13)16/h1-6,10H2,(H2,11,12,14,15,16). The van der Waals surface area contributed by atoms with Gasteiger partial charge in [-0.2, -0.15) is 0 Å². The van der Waals surface area contributed by atoms with Gasteiger partial charge in [0.05, 0.1) is 0 Å². The Balaban J connectivity index is 2.58. The fraction of sp³-hybridized carbons (Fsp3) is 0.667. The highest BCUT2D eigenvalue weighted by molar-refractivity contribution is 4.68. The molecule has 16 heavy (non-hydrogen) atoms. The lowest BCUT2D eigenvalue weighted by atomic mass is 10.2. The van der Waals surface area contributed by atoms with E-state index in [9.17, 15) is 14.4 Å². The van der Waals surface area contributed by atoms with Crippen LogP contribution in [0.25, 0.3) is 0 Å². The molecule has 0 spiro atoms. The second kappa shape index (κ2) is 6.06. The molecule has 0 saturated heterocycles. The van der Waals surface area contributed by atoms with Crippen LogP contribution in [0.1, 0.15) is 25.7 Å². The van der Waals surface area contributed by atoms with Crippen LogP contribution in [0.2, 0.25) is 0 Å². The van der Waals surface area contributed by atoms with Crippen molar-refractivity contribution in [1.82, 2.24) is 14.5 Å². The number of hydrogen-bond acceptors (Lipinski definition) is 4. The molecule has 0 bridgehead atoms. The number of nitrogens with two attached hydrogens (primary N) is 1. The summed E-state index contributed by atoms with van der Waals surface area (Å²) in [6.45, 7) is 0.967. The molecule has 0 unspecified atom stereocenters. The van der Waals surface area contributed by atoms with E-state index in [2.05, 4.69) is 0 Å². The number of nitrogens with one attached hydrogen (secondary N) is 2. The van der Waals surface area contributed by atoms with E-state index < -0.39 is 17.1 Å². The van der Waals surface area contributed by atoms with E-state index in [1.165, 1.54) is 0 Å². The van der Waals surface area contributed by atoms with E-state index in [-0.39, 0.29) is 0 Å². The van der Waals surface area contributed by atoms with Crippen LogP contribution >= 0.6 is 0 Å². The van der Waals surface area contributed by atoms with Gasteiger partial charge in [-0.1, -0.05) is 12.8 Å². The Kier molecular flexibility index (Phi) is 4.71. The third-order valence-electron chi connectivity index (χ3n) is 2.27. The van der Waals surface area contributed by atoms with Crippen molar-refractivity contribution >= 4 is 0 Å². The topological polar surface area (TPSA) is 114 Å². The molecular formula is C9H16N4O3. The lowest BCUT2D eigenvalue weighted by molar-refractivity contribution is 0.530. The van der Waals surface area contributed by atoms with Gasteiger partial charge < -0.3 is 5.73 Å². The molecule has 0 aliphatic rings. The Morgan fingerprint density at radius 2 is 1.50 bits per heavy atom. The van der Waals surface area contributed by atoms with Crippen LogP contribution in [0.3, 0.4) is 0 Å². The Morgan fingerprint density at radius 3 is 2.06 bits per heavy atom. The average Bonchev–Trinajstić information content (AvgIpc) is 2.20. The fourth-order valence-electron chi connectivity index (χ4n) is 1.42. The SMILES string of the molecule is NCCCCCCn1c(=O)[nH]c(=O)[nH]c1=O. The predicted molar refractivity (Wildman–Crippen MR) is 59.5 cm³/mol. The molecule has 0 aliphatic carbocycles. The molecule has 0 fully saturated rings. The van der Waals surface area contributed by atoms with Crippen molar-refractivity contribution in [2.75, 3.05) is 6.54 Å². The molecule has 7 heteroatoms. The van der Waals surface area contributed by atoms with E-state index in [4.69, 9.17) is 5.73 Å². The molecule has 7 nitrogen and oxygen atoms in total. The highest BCUT2D eigenvalue weighted by Crippen LogP contribution is 1.98. The van der Waals surface area contributed by atoms with E-state index in [1.54, 1.807) is 0 Å². The highest BCUT2D eigenvalue weighted by atomic mass is 16.2. The Bertz CT molecular complexity index is 450. The van der Waals surface area contributed by atoms with E-state index >= 15 is 0 Å². The van der Waals surface area contributed by atoms with Gasteiger partial charge in [0.25, 0.3) is 0 Å². The summed E-state index contributed by atoms with van der Waals surface area (Å²) in [4.78, 5) is 37.3. The van der Waals surface area contributed by atoms with Crippen LogP contribution in [0, 0.1) is 0 Å². The first kappa shape index (κ1) is 12.4. The number of hydrogen-bond donors (Lipinski definition) is 3. The summed E-state index contributed by atoms with van der Waals surface area (Å²) in [5, 5.41) is 0. The zero-order valence-corrected chi connectivity index (χ0v) is 8.99. The molecule has 1 aromatic rings. The van der Waals surface area contributed by atoms with Crippen LogP contribution in [0.4, 0.5) is 0 Å². The molecule has 0 radical (unpaired) electrons. The van der Waals surface area contributed by atoms with E-state index in [0.717, 1.165) is 30.3 Å². The fourth-order valence-corrected chi connectivity index (χ4v) is 1.42. The van der Waals surface area contributed by atoms with Gasteiger partial charge in [0.1, 0.15) is 0 Å². The molecule has 0 aliphatic heterocycles. The normalized spacial score (nSPS) is 10.6. The van der Waals surface area contributed by atoms with Gasteiger partial charge in [0.2, 0.25) is 0 Å². The summed E-state index contributed by atoms with van der Waals surface area (Å²) >= 11 is 0. The van der Waals surface area contributed by atoms with Crippen molar-refractivity contribution in [3.05, 3.63) is 31.5 Å². The largest absolute Gasteiger partial charge is 0.333 e. The van der Waals surface area contributed by atoms with Crippen LogP contribution in [-0.4, -0.2) is 21.1 Å². The second-order valence-corrected chi connectivity index (χ2v) is 3.54. The molecule has 90 valence electrons. The van der Waals surface area contributed by atoms with Gasteiger partial charge in [-0.3, -0.25) is 9.97 Å². The molecule has 0 amide bonds. The zero-order valence-electron chi connectivity index (χ0n) is 8.99. The first-order chi connectivity index (χ1) is 7.65. The van der Waals surface area contributed by atoms with Gasteiger partial charge in [0.15, 0.2) is 0 Å². The van der Waals surface area contributed by atoms with Crippen LogP contribution in [0.5, 0.6) is 0 Å². The van der Waals surface area contributed by atoms with E-state index in [0.29, 0.717) is 13.1 Å². The molecule has 4 N–H and O–H groups in total. The van der Waals surface area contributed by atoms with Crippen molar-refractivity contribution in [3.63, 3.8) is 0 Å². The lowest BCUT2D eigenvalue weighted by Gasteiger charge is -2.02. The van der Waals surface area contributed by atoms with Crippen LogP contribution in [0.15, 0.2) is 14.4 Å². The van der Waals surface area contributed by atoms with Crippen molar-refractivity contribution in [2.24, 2.45) is 5.73 Å². The monoisotopic (exact) mass is 228 g/mol. The van der Waals surface area contributed by atoms with Crippen molar-refractivity contribution in [1.29, 1.82) is 0 Å². The minimum atomic E-state index is -0.769. The minimum Gasteiger partial charge on any atom is -0.330 e. The van der Waals surface area contributed by atoms with Crippen molar-refractivity contribution < 1.29 is 0 Å². The average molecular weight is 228 g/mol. The number of nitrogens with zero attached hydrogens (tertiary/aromatic N) is 1. The molecule has 0 atom stereocenters. The number of aromatic amines is 2. The summed E-state index contributed by atoms with van der Waals surface area (Å²) in [6.07, 6.45) is 3.54. The summed E-state index contributed by atoms with van der Waals surface area (Å²) in [6, 6.07) is 0. The van der Waals surface area contributed by atoms with Gasteiger partial charge in [-0.15, -0.1) is 0 Å². The van der Waals surface area contributed by atoms with Gasteiger partial charge in [0, 0.05) is 6.54 Å². The molecule has 1 aromatic heterocycles. The highest BCUT2D eigenvalue weighted by Gasteiger charge is 2.01. The Hall–Kier alpha value is -1.63. The summed E-state index contributed by atoms with van der Waals surface area (Å²) in [5.41, 5.74) is 3.25. The third kappa shape index (κ3) is 3.50. The predicted octanol–water partition coefficient (Wildman–Crippen LogP) is -1.26. The molecule has 0 saturated carbocycles. The van der Waals surface area contributed by atoms with E-state index in [1.807, 2.05) is 9.97 Å². The van der Waals surface area contributed by atoms with Crippen molar-refractivity contribution in [2.45, 2.75) is 32.2 Å². The molecule has 1 heterocycles. The first-order valence-corrected chi connectivity index (χ1v) is 5.28. The number of unbranched alkanes of at least 4 members (excludes halogenated alkanes) is 3. The van der Waals surface area contributed by atoms with Gasteiger partial charge >= 0.3 is 17.1 Å². The van der Waals surface area contributed by atoms with Gasteiger partial charge in [-0.25, -0.2) is 19.0 Å². The van der Waals surface area contributed by atoms with Gasteiger partial charge in [-0.05, 0) is 19.4 Å². The third-order valence-corrected chi connectivity index (χ3v) is 2.27. The number of aromatic nitrogens is 3. The Labute approximate surface area is 91.3 Å². The number of H-pyrrole nitrogens is 2. The van der Waals surface area contributed by atoms with Crippen LogP contribution in [-0.2, 0) is 6.54 Å². The number of rotatable bonds is 6. The first-order valence-electron chi connectivity index (χ1n) is 5.28. The molecule has 1 rings (SSSR count). The molecular weight excluding hydrogens is 212 g/mol. The van der Waals surface area contributed by atoms with Crippen LogP contribution < -0.4 is 22.8 Å². The summed E-state index contributed by atoms with van der Waals surface area (Å²) in [7, 11) is 0.